The van der Waals surface area contributed by atoms with Crippen LogP contribution in [0.5, 0.6) is 5.75 Å². The molecule has 2 aromatic rings. The number of halogens is 1. The summed E-state index contributed by atoms with van der Waals surface area (Å²) in [6.07, 6.45) is 0. The Morgan fingerprint density at radius 2 is 1.70 bits per heavy atom. The summed E-state index contributed by atoms with van der Waals surface area (Å²) >= 11 is 3.21. The Kier molecular flexibility index (Phi) is 7.02. The Morgan fingerprint density at radius 3 is 2.30 bits per heavy atom. The maximum Gasteiger partial charge on any atom is 0.338 e. The van der Waals surface area contributed by atoms with E-state index in [2.05, 4.69) is 15.9 Å². The molecular formula is C19H22BrNO5S. The van der Waals surface area contributed by atoms with Crippen LogP contribution in [0.3, 0.4) is 0 Å². The lowest BCUT2D eigenvalue weighted by Crippen LogP contribution is -2.23. The van der Waals surface area contributed by atoms with E-state index in [1.54, 1.807) is 0 Å². The molecule has 0 heterocycles. The van der Waals surface area contributed by atoms with Crippen LogP contribution in [0.15, 0.2) is 45.8 Å². The fourth-order valence-corrected chi connectivity index (χ4v) is 4.26. The Balaban J connectivity index is 2.03. The third-order valence-corrected chi connectivity index (χ3v) is 6.71. The highest BCUT2D eigenvalue weighted by molar-refractivity contribution is 9.10. The van der Waals surface area contributed by atoms with Crippen molar-refractivity contribution in [3.05, 3.63) is 57.6 Å². The highest BCUT2D eigenvalue weighted by Gasteiger charge is 2.22. The van der Waals surface area contributed by atoms with Gasteiger partial charge in [0.25, 0.3) is 0 Å². The van der Waals surface area contributed by atoms with Crippen molar-refractivity contribution in [2.24, 2.45) is 0 Å². The molecule has 0 N–H and O–H groups in total. The van der Waals surface area contributed by atoms with Gasteiger partial charge in [0.2, 0.25) is 10.0 Å². The normalized spacial score (nSPS) is 11.5. The molecule has 0 aromatic heterocycles. The summed E-state index contributed by atoms with van der Waals surface area (Å²) < 4.78 is 37.0. The zero-order valence-electron chi connectivity index (χ0n) is 15.7. The van der Waals surface area contributed by atoms with Crippen molar-refractivity contribution in [1.29, 1.82) is 0 Å². The van der Waals surface area contributed by atoms with E-state index in [4.69, 9.17) is 9.47 Å². The van der Waals surface area contributed by atoms with E-state index in [1.165, 1.54) is 32.3 Å². The smallest absolute Gasteiger partial charge is 0.338 e. The van der Waals surface area contributed by atoms with Crippen molar-refractivity contribution < 1.29 is 22.7 Å². The second kappa shape index (κ2) is 8.86. The van der Waals surface area contributed by atoms with Crippen LogP contribution >= 0.6 is 15.9 Å². The second-order valence-corrected chi connectivity index (χ2v) is 9.11. The Morgan fingerprint density at radius 1 is 1.07 bits per heavy atom. The van der Waals surface area contributed by atoms with Gasteiger partial charge in [-0.05, 0) is 59.1 Å². The van der Waals surface area contributed by atoms with E-state index in [0.717, 1.165) is 21.2 Å². The summed E-state index contributed by atoms with van der Waals surface area (Å²) in [6.45, 7) is 4.15. The van der Waals surface area contributed by atoms with Crippen LogP contribution in [0.1, 0.15) is 21.5 Å². The molecule has 2 aromatic carbocycles. The van der Waals surface area contributed by atoms with Gasteiger partial charge >= 0.3 is 5.97 Å². The van der Waals surface area contributed by atoms with Crippen molar-refractivity contribution in [2.45, 2.75) is 18.7 Å². The molecule has 2 rings (SSSR count). The molecule has 0 aliphatic rings. The van der Waals surface area contributed by atoms with Gasteiger partial charge in [-0.3, -0.25) is 0 Å². The highest BCUT2D eigenvalue weighted by atomic mass is 79.9. The number of esters is 1. The number of benzene rings is 2. The van der Waals surface area contributed by atoms with Gasteiger partial charge in [0.1, 0.15) is 19.0 Å². The average Bonchev–Trinajstić information content (AvgIpc) is 2.60. The van der Waals surface area contributed by atoms with Crippen LogP contribution < -0.4 is 4.74 Å². The minimum absolute atomic E-state index is 0.00809. The fourth-order valence-electron chi connectivity index (χ4n) is 2.41. The van der Waals surface area contributed by atoms with Crippen LogP contribution in [0.25, 0.3) is 0 Å². The molecule has 0 spiro atoms. The largest absolute Gasteiger partial charge is 0.489 e. The molecule has 0 bridgehead atoms. The van der Waals surface area contributed by atoms with Gasteiger partial charge in [0.05, 0.1) is 10.5 Å². The van der Waals surface area contributed by atoms with E-state index in [9.17, 15) is 13.2 Å². The third kappa shape index (κ3) is 5.09. The number of rotatable bonds is 7. The summed E-state index contributed by atoms with van der Waals surface area (Å²) in [5.41, 5.74) is 2.17. The molecule has 0 aliphatic heterocycles. The zero-order valence-corrected chi connectivity index (χ0v) is 18.1. The zero-order chi connectivity index (χ0) is 20.2. The number of nitrogens with zero attached hydrogens (tertiary/aromatic N) is 1. The molecule has 0 atom stereocenters. The van der Waals surface area contributed by atoms with Crippen molar-refractivity contribution in [1.82, 2.24) is 4.31 Å². The van der Waals surface area contributed by atoms with Gasteiger partial charge < -0.3 is 9.47 Å². The first-order chi connectivity index (χ1) is 12.6. The molecule has 8 heteroatoms. The van der Waals surface area contributed by atoms with Gasteiger partial charge in [-0.1, -0.05) is 18.2 Å². The molecule has 0 aliphatic carbocycles. The molecule has 0 fully saturated rings. The monoisotopic (exact) mass is 455 g/mol. The molecule has 6 nitrogen and oxygen atoms in total. The Hall–Kier alpha value is -1.90. The van der Waals surface area contributed by atoms with Crippen molar-refractivity contribution in [3.63, 3.8) is 0 Å². The number of hydrogen-bond donors (Lipinski definition) is 0. The molecule has 0 saturated heterocycles. The van der Waals surface area contributed by atoms with Crippen molar-refractivity contribution in [2.75, 3.05) is 27.3 Å². The minimum Gasteiger partial charge on any atom is -0.489 e. The van der Waals surface area contributed by atoms with Gasteiger partial charge in [0.15, 0.2) is 0 Å². The fraction of sp³-hybridized carbons (Fsp3) is 0.316. The number of ether oxygens (including phenoxy) is 2. The third-order valence-electron chi connectivity index (χ3n) is 3.90. The predicted molar refractivity (Wildman–Crippen MR) is 107 cm³/mol. The van der Waals surface area contributed by atoms with Crippen molar-refractivity contribution in [3.8, 4) is 5.75 Å². The van der Waals surface area contributed by atoms with Crippen LogP contribution in [0.4, 0.5) is 0 Å². The summed E-state index contributed by atoms with van der Waals surface area (Å²) in [5, 5.41) is 0. The van der Waals surface area contributed by atoms with E-state index < -0.39 is 16.0 Å². The lowest BCUT2D eigenvalue weighted by Gasteiger charge is -2.14. The number of carbonyl (C=O) groups excluding carboxylic acids is 1. The number of carbonyl (C=O) groups is 1. The Bertz CT molecular complexity index is 921. The minimum atomic E-state index is -3.68. The number of aryl methyl sites for hydroxylation is 2. The summed E-state index contributed by atoms with van der Waals surface area (Å²) in [7, 11) is -0.824. The lowest BCUT2D eigenvalue weighted by atomic mass is 10.1. The molecule has 0 saturated carbocycles. The van der Waals surface area contributed by atoms with E-state index in [-0.39, 0.29) is 23.7 Å². The van der Waals surface area contributed by atoms with Crippen LogP contribution in [-0.2, 0) is 14.8 Å². The SMILES string of the molecule is Cc1cccc(C)c1OCCOC(=O)c1ccc(Br)c(S(=O)(=O)N(C)C)c1. The number of para-hydroxylation sites is 1. The topological polar surface area (TPSA) is 72.9 Å². The highest BCUT2D eigenvalue weighted by Crippen LogP contribution is 2.26. The van der Waals surface area contributed by atoms with Gasteiger partial charge in [-0.2, -0.15) is 0 Å². The van der Waals surface area contributed by atoms with Crippen LogP contribution in [0, 0.1) is 13.8 Å². The molecular weight excluding hydrogens is 434 g/mol. The standard InChI is InChI=1S/C19H22BrNO5S/c1-13-6-5-7-14(2)18(13)25-10-11-26-19(22)15-8-9-16(20)17(12-15)27(23,24)21(3)4/h5-9,12H,10-11H2,1-4H3. The molecule has 0 radical (unpaired) electrons. The molecule has 0 amide bonds. The predicted octanol–water partition coefficient (Wildman–Crippen LogP) is 3.55. The molecule has 0 unspecified atom stereocenters. The van der Waals surface area contributed by atoms with E-state index in [0.29, 0.717) is 4.47 Å². The summed E-state index contributed by atoms with van der Waals surface area (Å²) in [6, 6.07) is 10.2. The first kappa shape index (κ1) is 21.4. The van der Waals surface area contributed by atoms with Crippen molar-refractivity contribution >= 4 is 31.9 Å². The summed E-state index contributed by atoms with van der Waals surface area (Å²) in [4.78, 5) is 12.3. The first-order valence-electron chi connectivity index (χ1n) is 8.23. The molecule has 146 valence electrons. The van der Waals surface area contributed by atoms with Gasteiger partial charge in [-0.15, -0.1) is 0 Å². The molecule has 27 heavy (non-hydrogen) atoms. The lowest BCUT2D eigenvalue weighted by molar-refractivity contribution is 0.0449. The van der Waals surface area contributed by atoms with E-state index in [1.807, 2.05) is 32.0 Å². The average molecular weight is 456 g/mol. The first-order valence-corrected chi connectivity index (χ1v) is 10.5. The van der Waals surface area contributed by atoms with E-state index >= 15 is 0 Å². The van der Waals surface area contributed by atoms with Crippen LogP contribution in [0.2, 0.25) is 0 Å². The van der Waals surface area contributed by atoms with Crippen LogP contribution in [-0.4, -0.2) is 46.0 Å². The van der Waals surface area contributed by atoms with Gasteiger partial charge in [-0.25, -0.2) is 17.5 Å². The summed E-state index contributed by atoms with van der Waals surface area (Å²) in [5.74, 6) is 0.166. The second-order valence-electron chi connectivity index (χ2n) is 6.14. The maximum atomic E-state index is 12.3. The number of sulfonamides is 1. The quantitative estimate of drug-likeness (QED) is 0.471. The van der Waals surface area contributed by atoms with Gasteiger partial charge in [0, 0.05) is 18.6 Å². The Labute approximate surface area is 168 Å². The maximum absolute atomic E-state index is 12.3. The number of hydrogen-bond acceptors (Lipinski definition) is 5.